The highest BCUT2D eigenvalue weighted by Gasteiger charge is 2.27. The second-order valence-corrected chi connectivity index (χ2v) is 5.27. The van der Waals surface area contributed by atoms with Crippen molar-refractivity contribution in [3.05, 3.63) is 16.8 Å². The van der Waals surface area contributed by atoms with Crippen LogP contribution in [0.2, 0.25) is 0 Å². The van der Waals surface area contributed by atoms with E-state index in [0.29, 0.717) is 17.9 Å². The first-order chi connectivity index (χ1) is 10.1. The molecule has 6 nitrogen and oxygen atoms in total. The van der Waals surface area contributed by atoms with Crippen molar-refractivity contribution in [1.82, 2.24) is 15.5 Å². The van der Waals surface area contributed by atoms with Crippen LogP contribution in [-0.2, 0) is 17.6 Å². The first kappa shape index (κ1) is 15.2. The maximum atomic E-state index is 11.1. The van der Waals surface area contributed by atoms with E-state index in [1.807, 2.05) is 18.7 Å². The van der Waals surface area contributed by atoms with Crippen LogP contribution in [0, 0.1) is 11.3 Å². The molecular formula is C15H21N5O. The first-order valence-corrected chi connectivity index (χ1v) is 7.41. The number of aromatic nitrogens is 2. The molecule has 2 rings (SSSR count). The van der Waals surface area contributed by atoms with Crippen molar-refractivity contribution in [1.29, 1.82) is 5.26 Å². The number of carbonyl (C=O) groups excluding carboxylic acids is 1. The van der Waals surface area contributed by atoms with Crippen LogP contribution in [0.5, 0.6) is 0 Å². The highest BCUT2D eigenvalue weighted by Crippen LogP contribution is 2.26. The summed E-state index contributed by atoms with van der Waals surface area (Å²) in [6.07, 6.45) is 2.42. The average Bonchev–Trinajstić information content (AvgIpc) is 2.92. The Morgan fingerprint density at radius 3 is 2.76 bits per heavy atom. The summed E-state index contributed by atoms with van der Waals surface area (Å²) in [7, 11) is 0. The molecule has 1 aliphatic rings. The average molecular weight is 287 g/mol. The van der Waals surface area contributed by atoms with Crippen LogP contribution >= 0.6 is 0 Å². The van der Waals surface area contributed by atoms with E-state index in [9.17, 15) is 10.1 Å². The largest absolute Gasteiger partial charge is 0.352 e. The van der Waals surface area contributed by atoms with E-state index in [4.69, 9.17) is 0 Å². The molecule has 0 aromatic carbocycles. The fraction of sp³-hybridized carbons (Fsp3) is 0.600. The van der Waals surface area contributed by atoms with Crippen molar-refractivity contribution < 1.29 is 4.79 Å². The molecule has 0 spiro atoms. The Bertz CT molecular complexity index is 578. The minimum absolute atomic E-state index is 0.0241. The first-order valence-electron chi connectivity index (χ1n) is 7.41. The number of carbonyl (C=O) groups is 1. The van der Waals surface area contributed by atoms with E-state index < -0.39 is 0 Å². The van der Waals surface area contributed by atoms with E-state index in [0.717, 1.165) is 37.1 Å². The van der Waals surface area contributed by atoms with E-state index in [1.54, 1.807) is 0 Å². The molecule has 1 aromatic rings. The molecule has 1 amide bonds. The smallest absolute Gasteiger partial charge is 0.217 e. The number of hydrogen-bond donors (Lipinski definition) is 1. The number of nitriles is 1. The standard InChI is InChI=1S/C15H21N5O/c1-4-12-13(8-16)15(19-18-14(12)5-2)20-7-6-11(9-20)17-10(3)21/h11H,4-7,9H2,1-3H3,(H,17,21). The number of aryl methyl sites for hydroxylation is 1. The Hall–Kier alpha value is -2.16. The quantitative estimate of drug-likeness (QED) is 0.899. The highest BCUT2D eigenvalue weighted by molar-refractivity contribution is 5.73. The van der Waals surface area contributed by atoms with Crippen LogP contribution < -0.4 is 10.2 Å². The van der Waals surface area contributed by atoms with Crippen LogP contribution in [0.1, 0.15) is 44.0 Å². The molecule has 1 atom stereocenters. The van der Waals surface area contributed by atoms with Gasteiger partial charge < -0.3 is 10.2 Å². The molecule has 21 heavy (non-hydrogen) atoms. The van der Waals surface area contributed by atoms with Crippen molar-refractivity contribution >= 4 is 11.7 Å². The molecule has 112 valence electrons. The van der Waals surface area contributed by atoms with E-state index in [-0.39, 0.29) is 11.9 Å². The van der Waals surface area contributed by atoms with Gasteiger partial charge in [0.05, 0.1) is 5.69 Å². The summed E-state index contributed by atoms with van der Waals surface area (Å²) in [6, 6.07) is 2.41. The molecule has 1 unspecified atom stereocenters. The maximum absolute atomic E-state index is 11.1. The molecule has 1 fully saturated rings. The van der Waals surface area contributed by atoms with Crippen LogP contribution in [-0.4, -0.2) is 35.2 Å². The molecule has 1 aliphatic heterocycles. The number of hydrogen-bond acceptors (Lipinski definition) is 5. The second-order valence-electron chi connectivity index (χ2n) is 5.27. The SMILES string of the molecule is CCc1nnc(N2CCC(NC(C)=O)C2)c(C#N)c1CC. The van der Waals surface area contributed by atoms with Crippen molar-refractivity contribution in [2.24, 2.45) is 0 Å². The van der Waals surface area contributed by atoms with Gasteiger partial charge in [0.2, 0.25) is 5.91 Å². The van der Waals surface area contributed by atoms with Gasteiger partial charge in [-0.1, -0.05) is 13.8 Å². The Labute approximate surface area is 125 Å². The van der Waals surface area contributed by atoms with E-state index >= 15 is 0 Å². The van der Waals surface area contributed by atoms with Crippen LogP contribution in [0.3, 0.4) is 0 Å². The third-order valence-corrected chi connectivity index (χ3v) is 3.83. The van der Waals surface area contributed by atoms with Crippen LogP contribution in [0.15, 0.2) is 0 Å². The molecule has 2 heterocycles. The molecule has 0 aliphatic carbocycles. The Morgan fingerprint density at radius 1 is 1.43 bits per heavy atom. The van der Waals surface area contributed by atoms with Crippen molar-refractivity contribution in [3.63, 3.8) is 0 Å². The predicted octanol–water partition coefficient (Wildman–Crippen LogP) is 1.19. The van der Waals surface area contributed by atoms with Crippen LogP contribution in [0.25, 0.3) is 0 Å². The molecule has 1 aromatic heterocycles. The minimum Gasteiger partial charge on any atom is -0.352 e. The van der Waals surface area contributed by atoms with Crippen molar-refractivity contribution in [2.75, 3.05) is 18.0 Å². The normalized spacial score (nSPS) is 17.6. The molecule has 1 N–H and O–H groups in total. The number of nitrogens with one attached hydrogen (secondary N) is 1. The zero-order chi connectivity index (χ0) is 15.4. The van der Waals surface area contributed by atoms with Gasteiger partial charge in [-0.05, 0) is 24.8 Å². The minimum atomic E-state index is -0.0241. The van der Waals surface area contributed by atoms with Gasteiger partial charge in [-0.15, -0.1) is 5.10 Å². The van der Waals surface area contributed by atoms with Gasteiger partial charge in [0.1, 0.15) is 11.6 Å². The molecule has 0 saturated carbocycles. The van der Waals surface area contributed by atoms with Crippen LogP contribution in [0.4, 0.5) is 5.82 Å². The second kappa shape index (κ2) is 6.53. The summed E-state index contributed by atoms with van der Waals surface area (Å²) in [5, 5.41) is 21.0. The van der Waals surface area contributed by atoms with Gasteiger partial charge in [-0.3, -0.25) is 4.79 Å². The zero-order valence-corrected chi connectivity index (χ0v) is 12.8. The maximum Gasteiger partial charge on any atom is 0.217 e. The molecular weight excluding hydrogens is 266 g/mol. The Morgan fingerprint density at radius 2 is 2.19 bits per heavy atom. The zero-order valence-electron chi connectivity index (χ0n) is 12.8. The van der Waals surface area contributed by atoms with Gasteiger partial charge in [0, 0.05) is 26.1 Å². The van der Waals surface area contributed by atoms with Gasteiger partial charge >= 0.3 is 0 Å². The van der Waals surface area contributed by atoms with Gasteiger partial charge in [0.15, 0.2) is 5.82 Å². The van der Waals surface area contributed by atoms with Gasteiger partial charge in [0.25, 0.3) is 0 Å². The highest BCUT2D eigenvalue weighted by atomic mass is 16.1. The molecule has 0 radical (unpaired) electrons. The van der Waals surface area contributed by atoms with E-state index in [2.05, 4.69) is 21.6 Å². The summed E-state index contributed by atoms with van der Waals surface area (Å²) < 4.78 is 0. The summed E-state index contributed by atoms with van der Waals surface area (Å²) in [5.74, 6) is 0.628. The van der Waals surface area contributed by atoms with Crippen molar-refractivity contribution in [3.8, 4) is 6.07 Å². The summed E-state index contributed by atoms with van der Waals surface area (Å²) >= 11 is 0. The third kappa shape index (κ3) is 3.13. The van der Waals surface area contributed by atoms with Gasteiger partial charge in [-0.25, -0.2) is 0 Å². The molecule has 1 saturated heterocycles. The number of rotatable bonds is 4. The lowest BCUT2D eigenvalue weighted by atomic mass is 10.0. The third-order valence-electron chi connectivity index (χ3n) is 3.83. The number of amides is 1. The summed E-state index contributed by atoms with van der Waals surface area (Å²) in [6.45, 7) is 7.03. The van der Waals surface area contributed by atoms with Crippen molar-refractivity contribution in [2.45, 2.75) is 46.1 Å². The fourth-order valence-corrected chi connectivity index (χ4v) is 2.86. The summed E-state index contributed by atoms with van der Waals surface area (Å²) in [4.78, 5) is 13.2. The fourth-order valence-electron chi connectivity index (χ4n) is 2.86. The summed E-state index contributed by atoms with van der Waals surface area (Å²) in [5.41, 5.74) is 2.52. The topological polar surface area (TPSA) is 81.9 Å². The van der Waals surface area contributed by atoms with E-state index in [1.165, 1.54) is 6.92 Å². The molecule has 0 bridgehead atoms. The Balaban J connectivity index is 2.29. The predicted molar refractivity (Wildman–Crippen MR) is 79.9 cm³/mol. The lowest BCUT2D eigenvalue weighted by molar-refractivity contribution is -0.119. The lowest BCUT2D eigenvalue weighted by Gasteiger charge is -2.20. The monoisotopic (exact) mass is 287 g/mol. The number of anilines is 1. The van der Waals surface area contributed by atoms with Gasteiger partial charge in [-0.2, -0.15) is 10.4 Å². The number of nitrogens with zero attached hydrogens (tertiary/aromatic N) is 4. The molecule has 6 heteroatoms. The Kier molecular flexibility index (Phi) is 4.73. The lowest BCUT2D eigenvalue weighted by Crippen LogP contribution is -2.36.